The largest absolute Gasteiger partial charge is 0.452 e. The quantitative estimate of drug-likeness (QED) is 0.502. The molecule has 5 rings (SSSR count). The maximum absolute atomic E-state index is 13.1. The van der Waals surface area contributed by atoms with Crippen LogP contribution in [-0.2, 0) is 9.53 Å². The van der Waals surface area contributed by atoms with E-state index in [1.54, 1.807) is 6.07 Å². The van der Waals surface area contributed by atoms with E-state index in [4.69, 9.17) is 9.72 Å². The van der Waals surface area contributed by atoms with Crippen LogP contribution in [0.3, 0.4) is 0 Å². The Labute approximate surface area is 194 Å². The second kappa shape index (κ2) is 7.98. The number of ether oxygens (including phenoxy) is 1. The Morgan fingerprint density at radius 3 is 2.55 bits per heavy atom. The molecule has 1 aromatic heterocycles. The van der Waals surface area contributed by atoms with Gasteiger partial charge in [-0.05, 0) is 42.2 Å². The van der Waals surface area contributed by atoms with E-state index in [1.807, 2.05) is 59.5 Å². The number of rotatable bonds is 4. The molecule has 33 heavy (non-hydrogen) atoms. The molecule has 2 bridgehead atoms. The van der Waals surface area contributed by atoms with Gasteiger partial charge in [0, 0.05) is 23.5 Å². The van der Waals surface area contributed by atoms with Gasteiger partial charge in [0.15, 0.2) is 6.61 Å². The van der Waals surface area contributed by atoms with Gasteiger partial charge < -0.3 is 9.64 Å². The van der Waals surface area contributed by atoms with Gasteiger partial charge in [0.2, 0.25) is 0 Å². The summed E-state index contributed by atoms with van der Waals surface area (Å²) in [5.41, 5.74) is 3.16. The summed E-state index contributed by atoms with van der Waals surface area (Å²) in [6.45, 7) is 7.35. The van der Waals surface area contributed by atoms with Gasteiger partial charge in [0.05, 0.1) is 16.8 Å². The Morgan fingerprint density at radius 1 is 1.03 bits per heavy atom. The van der Waals surface area contributed by atoms with Crippen molar-refractivity contribution in [3.8, 4) is 11.3 Å². The molecule has 2 unspecified atom stereocenters. The first-order chi connectivity index (χ1) is 15.7. The predicted octanol–water partition coefficient (Wildman–Crippen LogP) is 5.49. The predicted molar refractivity (Wildman–Crippen MR) is 129 cm³/mol. The number of benzene rings is 2. The molecular formula is C28H30N2O3. The van der Waals surface area contributed by atoms with Crippen LogP contribution in [0.15, 0.2) is 60.7 Å². The van der Waals surface area contributed by atoms with Crippen LogP contribution in [0.25, 0.3) is 22.2 Å². The molecule has 0 radical (unpaired) electrons. The Kier molecular flexibility index (Phi) is 5.23. The number of hydrogen-bond donors (Lipinski definition) is 0. The lowest BCUT2D eigenvalue weighted by atomic mass is 9.65. The summed E-state index contributed by atoms with van der Waals surface area (Å²) in [5.74, 6) is -0.593. The minimum absolute atomic E-state index is 0.101. The number of hydrogen-bond acceptors (Lipinski definition) is 4. The van der Waals surface area contributed by atoms with Crippen molar-refractivity contribution in [2.24, 2.45) is 10.8 Å². The van der Waals surface area contributed by atoms with Crippen LogP contribution in [0.5, 0.6) is 0 Å². The van der Waals surface area contributed by atoms with Gasteiger partial charge in [-0.15, -0.1) is 0 Å². The fourth-order valence-corrected chi connectivity index (χ4v) is 6.14. The van der Waals surface area contributed by atoms with Crippen LogP contribution in [0, 0.1) is 10.8 Å². The molecule has 2 fully saturated rings. The minimum atomic E-state index is -0.493. The van der Waals surface area contributed by atoms with E-state index in [-0.39, 0.29) is 29.4 Å². The second-order valence-electron chi connectivity index (χ2n) is 10.7. The van der Waals surface area contributed by atoms with Gasteiger partial charge in [-0.2, -0.15) is 0 Å². The van der Waals surface area contributed by atoms with Crippen molar-refractivity contribution in [3.05, 3.63) is 66.2 Å². The van der Waals surface area contributed by atoms with E-state index in [1.165, 1.54) is 0 Å². The standard InChI is InChI=1S/C28H30N2O3/c1-27(2)14-20-15-28(3,17-27)18-30(20)25(31)16-33-26(32)22-13-24(19-9-5-4-6-10-19)29-23-12-8-7-11-21(22)23/h4-13,20H,14-18H2,1-3H3. The van der Waals surface area contributed by atoms with Gasteiger partial charge in [-0.1, -0.05) is 69.3 Å². The summed E-state index contributed by atoms with van der Waals surface area (Å²) in [6, 6.07) is 19.3. The highest BCUT2D eigenvalue weighted by Crippen LogP contribution is 2.52. The number of fused-ring (bicyclic) bond motifs is 3. The number of esters is 1. The number of amides is 1. The van der Waals surface area contributed by atoms with Crippen molar-refractivity contribution >= 4 is 22.8 Å². The molecule has 1 amide bonds. The first-order valence-electron chi connectivity index (χ1n) is 11.6. The Bertz CT molecular complexity index is 1220. The maximum atomic E-state index is 13.1. The van der Waals surface area contributed by atoms with E-state index < -0.39 is 5.97 Å². The molecule has 2 aromatic carbocycles. The van der Waals surface area contributed by atoms with Crippen molar-refractivity contribution in [2.45, 2.75) is 46.1 Å². The summed E-state index contributed by atoms with van der Waals surface area (Å²) in [7, 11) is 0. The fourth-order valence-electron chi connectivity index (χ4n) is 6.14. The normalized spacial score (nSPS) is 23.5. The summed E-state index contributed by atoms with van der Waals surface area (Å²) >= 11 is 0. The lowest BCUT2D eigenvalue weighted by Crippen LogP contribution is -2.39. The van der Waals surface area contributed by atoms with Crippen molar-refractivity contribution in [3.63, 3.8) is 0 Å². The molecule has 2 heterocycles. The molecule has 1 saturated carbocycles. The SMILES string of the molecule is CC1(C)CC2CC(C)(CN2C(=O)COC(=O)c2cc(-c3ccccc3)nc3ccccc23)C1. The van der Waals surface area contributed by atoms with Crippen molar-refractivity contribution < 1.29 is 14.3 Å². The molecule has 1 aliphatic heterocycles. The Hall–Kier alpha value is -3.21. The Morgan fingerprint density at radius 2 is 1.76 bits per heavy atom. The van der Waals surface area contributed by atoms with Gasteiger partial charge in [-0.3, -0.25) is 4.79 Å². The molecule has 170 valence electrons. The van der Waals surface area contributed by atoms with Crippen molar-refractivity contribution in [2.75, 3.05) is 13.2 Å². The average Bonchev–Trinajstić information content (AvgIpc) is 3.05. The number of carbonyl (C=O) groups excluding carboxylic acids is 2. The van der Waals surface area contributed by atoms with Crippen LogP contribution in [-0.4, -0.2) is 41.0 Å². The molecule has 1 saturated heterocycles. The summed E-state index contributed by atoms with van der Waals surface area (Å²) < 4.78 is 5.58. The number of carbonyl (C=O) groups is 2. The van der Waals surface area contributed by atoms with E-state index in [2.05, 4.69) is 20.8 Å². The molecule has 5 nitrogen and oxygen atoms in total. The van der Waals surface area contributed by atoms with Crippen molar-refractivity contribution in [1.29, 1.82) is 0 Å². The molecule has 5 heteroatoms. The molecule has 1 aliphatic carbocycles. The van der Waals surface area contributed by atoms with E-state index in [0.717, 1.165) is 42.3 Å². The number of likely N-dealkylation sites (tertiary alicyclic amines) is 1. The third-order valence-corrected chi connectivity index (χ3v) is 7.07. The number of para-hydroxylation sites is 1. The average molecular weight is 443 g/mol. The summed E-state index contributed by atoms with van der Waals surface area (Å²) in [4.78, 5) is 32.9. The molecule has 0 spiro atoms. The van der Waals surface area contributed by atoms with Gasteiger partial charge in [0.25, 0.3) is 5.91 Å². The lowest BCUT2D eigenvalue weighted by molar-refractivity contribution is -0.135. The third kappa shape index (κ3) is 4.24. The van der Waals surface area contributed by atoms with E-state index >= 15 is 0 Å². The monoisotopic (exact) mass is 442 g/mol. The smallest absolute Gasteiger partial charge is 0.339 e. The molecular weight excluding hydrogens is 412 g/mol. The van der Waals surface area contributed by atoms with Crippen LogP contribution in [0.4, 0.5) is 0 Å². The number of nitrogens with zero attached hydrogens (tertiary/aromatic N) is 2. The van der Waals surface area contributed by atoms with Crippen molar-refractivity contribution in [1.82, 2.24) is 9.88 Å². The van der Waals surface area contributed by atoms with E-state index in [9.17, 15) is 9.59 Å². The second-order valence-corrected chi connectivity index (χ2v) is 10.7. The highest BCUT2D eigenvalue weighted by atomic mass is 16.5. The first kappa shape index (κ1) is 21.6. The highest BCUT2D eigenvalue weighted by Gasteiger charge is 2.50. The molecule has 3 aromatic rings. The van der Waals surface area contributed by atoms with Gasteiger partial charge in [-0.25, -0.2) is 9.78 Å². The van der Waals surface area contributed by atoms with Crippen LogP contribution in [0.1, 0.15) is 50.4 Å². The summed E-state index contributed by atoms with van der Waals surface area (Å²) in [6.07, 6.45) is 3.15. The molecule has 2 aliphatic rings. The Balaban J connectivity index is 1.36. The van der Waals surface area contributed by atoms with Crippen LogP contribution in [0.2, 0.25) is 0 Å². The topological polar surface area (TPSA) is 59.5 Å². The molecule has 0 N–H and O–H groups in total. The zero-order chi connectivity index (χ0) is 23.2. The number of pyridine rings is 1. The zero-order valence-corrected chi connectivity index (χ0v) is 19.5. The third-order valence-electron chi connectivity index (χ3n) is 7.07. The highest BCUT2D eigenvalue weighted by molar-refractivity contribution is 6.05. The summed E-state index contributed by atoms with van der Waals surface area (Å²) in [5, 5.41) is 0.723. The van der Waals surface area contributed by atoms with E-state index in [0.29, 0.717) is 11.3 Å². The maximum Gasteiger partial charge on any atom is 0.339 e. The van der Waals surface area contributed by atoms with Crippen LogP contribution < -0.4 is 0 Å². The minimum Gasteiger partial charge on any atom is -0.452 e. The first-order valence-corrected chi connectivity index (χ1v) is 11.6. The van der Waals surface area contributed by atoms with Crippen LogP contribution >= 0.6 is 0 Å². The number of aromatic nitrogens is 1. The van der Waals surface area contributed by atoms with Gasteiger partial charge >= 0.3 is 5.97 Å². The zero-order valence-electron chi connectivity index (χ0n) is 19.5. The lowest BCUT2D eigenvalue weighted by Gasteiger charge is -2.39. The molecule has 2 atom stereocenters. The fraction of sp³-hybridized carbons (Fsp3) is 0.393. The van der Waals surface area contributed by atoms with Gasteiger partial charge in [0.1, 0.15) is 0 Å².